The number of phenols is 2. The molecule has 2 unspecified atom stereocenters. The molecule has 234 valence electrons. The van der Waals surface area contributed by atoms with E-state index in [1.54, 1.807) is 24.3 Å². The Morgan fingerprint density at radius 2 is 1.02 bits per heavy atom. The summed E-state index contributed by atoms with van der Waals surface area (Å²) in [6.07, 6.45) is 2.35. The van der Waals surface area contributed by atoms with Crippen molar-refractivity contribution in [1.82, 2.24) is 10.6 Å². The van der Waals surface area contributed by atoms with Crippen LogP contribution in [0.5, 0.6) is 11.5 Å². The lowest BCUT2D eigenvalue weighted by atomic mass is 9.91. The number of β-amino-alcohol motifs (C(OH)–C–C–N with tert-alkyl or cyclic N) is 2. The molecule has 10 N–H and O–H groups in total. The van der Waals surface area contributed by atoms with E-state index >= 15 is 0 Å². The van der Waals surface area contributed by atoms with Gasteiger partial charge >= 0.3 is 10.4 Å². The number of nitrogens with one attached hydrogen (secondary N) is 2. The number of aliphatic hydroxyl groups is 4. The molecular formula is C28H46N2O10S. The lowest BCUT2D eigenvalue weighted by molar-refractivity contribution is 0.155. The molecule has 2 atom stereocenters. The Hall–Kier alpha value is -2.33. The highest BCUT2D eigenvalue weighted by Gasteiger charge is 2.22. The summed E-state index contributed by atoms with van der Waals surface area (Å²) in [5.41, 5.74) is 1.74. The van der Waals surface area contributed by atoms with Gasteiger partial charge in [-0.3, -0.25) is 9.11 Å². The highest BCUT2D eigenvalue weighted by molar-refractivity contribution is 7.79. The zero-order chi connectivity index (χ0) is 31.4. The van der Waals surface area contributed by atoms with Gasteiger partial charge in [0.25, 0.3) is 0 Å². The van der Waals surface area contributed by atoms with Crippen LogP contribution >= 0.6 is 0 Å². The van der Waals surface area contributed by atoms with Gasteiger partial charge in [0.1, 0.15) is 11.5 Å². The molecule has 0 aliphatic rings. The van der Waals surface area contributed by atoms with Gasteiger partial charge in [0.05, 0.1) is 25.4 Å². The van der Waals surface area contributed by atoms with E-state index in [0.29, 0.717) is 35.3 Å². The minimum atomic E-state index is -4.67. The van der Waals surface area contributed by atoms with Crippen LogP contribution in [0.1, 0.15) is 87.8 Å². The topological polar surface area (TPSA) is 220 Å². The fourth-order valence-corrected chi connectivity index (χ4v) is 4.17. The normalized spacial score (nSPS) is 13.8. The van der Waals surface area contributed by atoms with Crippen LogP contribution in [0.4, 0.5) is 0 Å². The molecule has 0 aliphatic heterocycles. The third kappa shape index (κ3) is 14.9. The van der Waals surface area contributed by atoms with E-state index in [4.69, 9.17) is 17.5 Å². The van der Waals surface area contributed by atoms with E-state index in [2.05, 4.69) is 38.3 Å². The van der Waals surface area contributed by atoms with Crippen LogP contribution < -0.4 is 10.6 Å². The second-order valence-electron chi connectivity index (χ2n) is 11.3. The highest BCUT2D eigenvalue weighted by Crippen LogP contribution is 2.25. The fraction of sp³-hybridized carbons (Fsp3) is 0.571. The first-order valence-corrected chi connectivity index (χ1v) is 14.7. The van der Waals surface area contributed by atoms with Crippen molar-refractivity contribution in [2.75, 3.05) is 13.1 Å². The summed E-state index contributed by atoms with van der Waals surface area (Å²) < 4.78 is 31.6. The third-order valence-electron chi connectivity index (χ3n) is 6.72. The van der Waals surface area contributed by atoms with Crippen molar-refractivity contribution >= 4 is 10.4 Å². The largest absolute Gasteiger partial charge is 0.508 e. The standard InChI is InChI=1S/C28H44N2O6.H2O4S/c1-27(2,29-15-25(35)19-7-9-23(33)21(13-19)17-31)11-5-6-12-28(3,4)30-16-26(36)20-8-10-24(34)22(14-20)18-32;1-5(2,3)4/h7-10,13-14,25-26,29-36H,5-6,11-12,15-18H2,1-4H3;(H2,1,2,3,4). The summed E-state index contributed by atoms with van der Waals surface area (Å²) in [5, 5.41) is 65.9. The Morgan fingerprint density at radius 3 is 1.32 bits per heavy atom. The Labute approximate surface area is 242 Å². The van der Waals surface area contributed by atoms with E-state index in [1.165, 1.54) is 12.1 Å². The van der Waals surface area contributed by atoms with Crippen LogP contribution in [-0.2, 0) is 23.6 Å². The predicted molar refractivity (Wildman–Crippen MR) is 155 cm³/mol. The molecule has 12 nitrogen and oxygen atoms in total. The van der Waals surface area contributed by atoms with Crippen molar-refractivity contribution in [1.29, 1.82) is 0 Å². The predicted octanol–water partition coefficient (Wildman–Crippen LogP) is 2.49. The fourth-order valence-electron chi connectivity index (χ4n) is 4.17. The number of unbranched alkanes of at least 4 members (excludes halogenated alkanes) is 1. The number of benzene rings is 2. The number of aromatic hydroxyl groups is 2. The van der Waals surface area contributed by atoms with Crippen LogP contribution in [0.2, 0.25) is 0 Å². The van der Waals surface area contributed by atoms with Crippen molar-refractivity contribution in [3.8, 4) is 11.5 Å². The van der Waals surface area contributed by atoms with Gasteiger partial charge in [0, 0.05) is 35.3 Å². The summed E-state index contributed by atoms with van der Waals surface area (Å²) in [7, 11) is -4.67. The Morgan fingerprint density at radius 1 is 0.707 bits per heavy atom. The Bertz CT molecular complexity index is 1100. The minimum absolute atomic E-state index is 0.0184. The maximum absolute atomic E-state index is 10.5. The van der Waals surface area contributed by atoms with Gasteiger partial charge in [0.2, 0.25) is 0 Å². The van der Waals surface area contributed by atoms with Gasteiger partial charge in [-0.1, -0.05) is 25.0 Å². The van der Waals surface area contributed by atoms with Crippen LogP contribution in [0.25, 0.3) is 0 Å². The first kappa shape index (κ1) is 36.7. The van der Waals surface area contributed by atoms with E-state index in [1.807, 2.05) is 0 Å². The van der Waals surface area contributed by atoms with E-state index < -0.39 is 22.6 Å². The van der Waals surface area contributed by atoms with E-state index in [0.717, 1.165) is 25.7 Å². The van der Waals surface area contributed by atoms with E-state index in [9.17, 15) is 30.6 Å². The van der Waals surface area contributed by atoms with Crippen molar-refractivity contribution in [3.63, 3.8) is 0 Å². The van der Waals surface area contributed by atoms with Crippen molar-refractivity contribution < 1.29 is 48.2 Å². The van der Waals surface area contributed by atoms with Gasteiger partial charge in [-0.2, -0.15) is 8.42 Å². The molecule has 2 rings (SSSR count). The van der Waals surface area contributed by atoms with Gasteiger partial charge in [-0.25, -0.2) is 0 Å². The second kappa shape index (κ2) is 16.3. The van der Waals surface area contributed by atoms with Gasteiger partial charge in [0.15, 0.2) is 0 Å². The average molecular weight is 603 g/mol. The SMILES string of the molecule is CC(C)(CCCCC(C)(C)NCC(O)c1ccc(O)c(CO)c1)NCC(O)c1ccc(O)c(CO)c1.O=S(=O)(O)O. The molecule has 2 aromatic rings. The minimum Gasteiger partial charge on any atom is -0.508 e. The molecule has 0 saturated heterocycles. The van der Waals surface area contributed by atoms with Crippen molar-refractivity contribution in [3.05, 3.63) is 58.7 Å². The smallest absolute Gasteiger partial charge is 0.394 e. The molecule has 0 bridgehead atoms. The Kier molecular flexibility index (Phi) is 14.6. The molecular weight excluding hydrogens is 556 g/mol. The summed E-state index contributed by atoms with van der Waals surface area (Å²) in [4.78, 5) is 0. The van der Waals surface area contributed by atoms with Gasteiger partial charge < -0.3 is 41.3 Å². The molecule has 0 amide bonds. The number of aliphatic hydroxyl groups excluding tert-OH is 4. The molecule has 0 radical (unpaired) electrons. The lowest BCUT2D eigenvalue weighted by Crippen LogP contribution is -2.42. The summed E-state index contributed by atoms with van der Waals surface area (Å²) >= 11 is 0. The molecule has 0 saturated carbocycles. The molecule has 0 heterocycles. The first-order chi connectivity index (χ1) is 18.9. The maximum Gasteiger partial charge on any atom is 0.394 e. The molecule has 0 aromatic heterocycles. The van der Waals surface area contributed by atoms with Crippen LogP contribution in [0.15, 0.2) is 36.4 Å². The van der Waals surface area contributed by atoms with E-state index in [-0.39, 0.29) is 35.8 Å². The highest BCUT2D eigenvalue weighted by atomic mass is 32.3. The second-order valence-corrected chi connectivity index (χ2v) is 12.2. The zero-order valence-electron chi connectivity index (χ0n) is 24.1. The molecule has 0 spiro atoms. The summed E-state index contributed by atoms with van der Waals surface area (Å²) in [6.45, 7) is 8.59. The van der Waals surface area contributed by atoms with Crippen LogP contribution in [0.3, 0.4) is 0 Å². The summed E-state index contributed by atoms with van der Waals surface area (Å²) in [6, 6.07) is 9.53. The molecule has 0 fully saturated rings. The maximum atomic E-state index is 10.5. The monoisotopic (exact) mass is 602 g/mol. The Balaban J connectivity index is 0.00000154. The quantitative estimate of drug-likeness (QED) is 0.105. The average Bonchev–Trinajstić information content (AvgIpc) is 2.88. The molecule has 2 aromatic carbocycles. The van der Waals surface area contributed by atoms with Crippen LogP contribution in [-0.4, -0.2) is 72.3 Å². The molecule has 0 aliphatic carbocycles. The van der Waals surface area contributed by atoms with Crippen molar-refractivity contribution in [2.45, 2.75) is 89.9 Å². The van der Waals surface area contributed by atoms with Gasteiger partial charge in [-0.05, 0) is 75.9 Å². The molecule has 13 heteroatoms. The van der Waals surface area contributed by atoms with Crippen molar-refractivity contribution in [2.24, 2.45) is 0 Å². The van der Waals surface area contributed by atoms with Gasteiger partial charge in [-0.15, -0.1) is 0 Å². The number of rotatable bonds is 15. The number of hydrogen-bond acceptors (Lipinski definition) is 10. The first-order valence-electron chi connectivity index (χ1n) is 13.3. The lowest BCUT2D eigenvalue weighted by Gasteiger charge is -2.30. The third-order valence-corrected chi connectivity index (χ3v) is 6.72. The number of hydrogen-bond donors (Lipinski definition) is 10. The molecule has 41 heavy (non-hydrogen) atoms. The zero-order valence-corrected chi connectivity index (χ0v) is 24.9. The summed E-state index contributed by atoms with van der Waals surface area (Å²) in [5.74, 6) is 0.0368. The van der Waals surface area contributed by atoms with Crippen LogP contribution in [0, 0.1) is 0 Å².